The van der Waals surface area contributed by atoms with E-state index in [1.807, 2.05) is 20.8 Å². The standard InChI is InChI=1S/C13H25NO3/c1-11(2,3)13(7,9-15)14(8)10(16)17-12(4,5)6/h9H,1-8H3. The quantitative estimate of drug-likeness (QED) is 0.701. The van der Waals surface area contributed by atoms with E-state index < -0.39 is 17.2 Å². The predicted molar refractivity (Wildman–Crippen MR) is 67.9 cm³/mol. The number of ether oxygens (including phenoxy) is 1. The molecule has 0 rings (SSSR count). The van der Waals surface area contributed by atoms with Crippen LogP contribution in [0.1, 0.15) is 48.5 Å². The molecular formula is C13H25NO3. The molecule has 4 nitrogen and oxygen atoms in total. The normalized spacial score (nSPS) is 16.0. The summed E-state index contributed by atoms with van der Waals surface area (Å²) in [6.07, 6.45) is 0.318. The lowest BCUT2D eigenvalue weighted by molar-refractivity contribution is -0.123. The van der Waals surface area contributed by atoms with Crippen LogP contribution < -0.4 is 0 Å². The lowest BCUT2D eigenvalue weighted by Crippen LogP contribution is -2.57. The van der Waals surface area contributed by atoms with Crippen molar-refractivity contribution in [1.82, 2.24) is 4.90 Å². The summed E-state index contributed by atoms with van der Waals surface area (Å²) in [5, 5.41) is 0. The Morgan fingerprint density at radius 1 is 1.06 bits per heavy atom. The number of aldehydes is 1. The summed E-state index contributed by atoms with van der Waals surface area (Å²) in [7, 11) is 1.59. The summed E-state index contributed by atoms with van der Waals surface area (Å²) in [6.45, 7) is 12.9. The maximum atomic E-state index is 12.0. The molecule has 1 atom stereocenters. The van der Waals surface area contributed by atoms with Crippen LogP contribution in [-0.2, 0) is 9.53 Å². The highest BCUT2D eigenvalue weighted by Crippen LogP contribution is 2.33. The summed E-state index contributed by atoms with van der Waals surface area (Å²) in [4.78, 5) is 24.7. The van der Waals surface area contributed by atoms with Gasteiger partial charge in [0.2, 0.25) is 0 Å². The van der Waals surface area contributed by atoms with Crippen LogP contribution in [0.4, 0.5) is 4.79 Å². The number of amides is 1. The molecule has 0 aromatic carbocycles. The lowest BCUT2D eigenvalue weighted by atomic mass is 9.75. The number of nitrogens with zero attached hydrogens (tertiary/aromatic N) is 1. The number of rotatable bonds is 2. The van der Waals surface area contributed by atoms with Gasteiger partial charge in [-0.25, -0.2) is 4.79 Å². The van der Waals surface area contributed by atoms with E-state index >= 15 is 0 Å². The van der Waals surface area contributed by atoms with Gasteiger partial charge in [0.05, 0.1) is 0 Å². The van der Waals surface area contributed by atoms with E-state index in [2.05, 4.69) is 0 Å². The zero-order chi connectivity index (χ0) is 14.1. The molecule has 0 aliphatic heterocycles. The van der Waals surface area contributed by atoms with Gasteiger partial charge in [0, 0.05) is 7.05 Å². The lowest BCUT2D eigenvalue weighted by Gasteiger charge is -2.44. The third kappa shape index (κ3) is 3.72. The van der Waals surface area contributed by atoms with Crippen LogP contribution in [0.3, 0.4) is 0 Å². The van der Waals surface area contributed by atoms with E-state index in [9.17, 15) is 9.59 Å². The topological polar surface area (TPSA) is 46.6 Å². The summed E-state index contributed by atoms with van der Waals surface area (Å²) >= 11 is 0. The van der Waals surface area contributed by atoms with Gasteiger partial charge in [0.15, 0.2) is 0 Å². The average Bonchev–Trinajstić information content (AvgIpc) is 2.10. The van der Waals surface area contributed by atoms with E-state index in [0.717, 1.165) is 6.29 Å². The van der Waals surface area contributed by atoms with E-state index in [4.69, 9.17) is 4.74 Å². The SMILES string of the molecule is CN(C(=O)OC(C)(C)C)C(C)(C=O)C(C)(C)C. The fourth-order valence-electron chi connectivity index (χ4n) is 1.28. The molecule has 0 spiro atoms. The second kappa shape index (κ2) is 4.67. The first kappa shape index (κ1) is 15.9. The molecule has 100 valence electrons. The fraction of sp³-hybridized carbons (Fsp3) is 0.846. The van der Waals surface area contributed by atoms with Gasteiger partial charge >= 0.3 is 6.09 Å². The van der Waals surface area contributed by atoms with E-state index in [-0.39, 0.29) is 5.41 Å². The Morgan fingerprint density at radius 3 is 1.71 bits per heavy atom. The second-order valence-corrected chi connectivity index (χ2v) is 6.55. The van der Waals surface area contributed by atoms with Gasteiger partial charge < -0.3 is 9.53 Å². The van der Waals surface area contributed by atoms with Crippen molar-refractivity contribution in [3.05, 3.63) is 0 Å². The predicted octanol–water partition coefficient (Wildman–Crippen LogP) is 2.86. The second-order valence-electron chi connectivity index (χ2n) is 6.55. The van der Waals surface area contributed by atoms with Gasteiger partial charge in [-0.1, -0.05) is 20.8 Å². The van der Waals surface area contributed by atoms with Crippen molar-refractivity contribution in [2.24, 2.45) is 5.41 Å². The van der Waals surface area contributed by atoms with Crippen molar-refractivity contribution in [2.75, 3.05) is 7.05 Å². The van der Waals surface area contributed by atoms with Gasteiger partial charge in [-0.15, -0.1) is 0 Å². The molecule has 17 heavy (non-hydrogen) atoms. The average molecular weight is 243 g/mol. The third-order valence-electron chi connectivity index (χ3n) is 3.11. The summed E-state index contributed by atoms with van der Waals surface area (Å²) in [5.74, 6) is 0. The van der Waals surface area contributed by atoms with Crippen molar-refractivity contribution in [3.8, 4) is 0 Å². The number of hydrogen-bond acceptors (Lipinski definition) is 3. The molecule has 4 heteroatoms. The Kier molecular flexibility index (Phi) is 4.38. The molecule has 0 saturated heterocycles. The first-order chi connectivity index (χ1) is 7.35. The molecule has 1 unspecified atom stereocenters. The monoisotopic (exact) mass is 243 g/mol. The van der Waals surface area contributed by atoms with Gasteiger partial charge in [-0.3, -0.25) is 4.90 Å². The minimum Gasteiger partial charge on any atom is -0.444 e. The molecule has 0 fully saturated rings. The first-order valence-electron chi connectivity index (χ1n) is 5.78. The Morgan fingerprint density at radius 2 is 1.47 bits per heavy atom. The molecule has 0 saturated carbocycles. The summed E-state index contributed by atoms with van der Waals surface area (Å²) in [6, 6.07) is 0. The first-order valence-corrected chi connectivity index (χ1v) is 5.78. The van der Waals surface area contributed by atoms with Crippen LogP contribution >= 0.6 is 0 Å². The van der Waals surface area contributed by atoms with Crippen molar-refractivity contribution in [3.63, 3.8) is 0 Å². The van der Waals surface area contributed by atoms with Gasteiger partial charge in [-0.05, 0) is 33.1 Å². The van der Waals surface area contributed by atoms with Crippen LogP contribution in [0.25, 0.3) is 0 Å². The molecule has 0 N–H and O–H groups in total. The van der Waals surface area contributed by atoms with E-state index in [0.29, 0.717) is 0 Å². The summed E-state index contributed by atoms with van der Waals surface area (Å²) < 4.78 is 5.27. The van der Waals surface area contributed by atoms with Crippen molar-refractivity contribution in [2.45, 2.75) is 59.6 Å². The minimum absolute atomic E-state index is 0.361. The molecule has 1 amide bonds. The number of likely N-dealkylation sites (N-methyl/N-ethyl adjacent to an activating group) is 1. The molecule has 0 radical (unpaired) electrons. The highest BCUT2D eigenvalue weighted by molar-refractivity contribution is 5.77. The molecule has 0 aliphatic rings. The van der Waals surface area contributed by atoms with Crippen LogP contribution in [0.2, 0.25) is 0 Å². The van der Waals surface area contributed by atoms with Gasteiger partial charge in [0.25, 0.3) is 0 Å². The van der Waals surface area contributed by atoms with Crippen LogP contribution in [0.5, 0.6) is 0 Å². The molecule has 0 aromatic heterocycles. The molecule has 0 heterocycles. The number of hydrogen-bond donors (Lipinski definition) is 0. The Bertz CT molecular complexity index is 299. The Hall–Kier alpha value is -1.06. The van der Waals surface area contributed by atoms with Gasteiger partial charge in [-0.2, -0.15) is 0 Å². The van der Waals surface area contributed by atoms with Crippen molar-refractivity contribution >= 4 is 12.4 Å². The zero-order valence-electron chi connectivity index (χ0n) is 12.2. The van der Waals surface area contributed by atoms with Crippen LogP contribution in [0.15, 0.2) is 0 Å². The van der Waals surface area contributed by atoms with Gasteiger partial charge in [0.1, 0.15) is 17.4 Å². The molecule has 0 aliphatic carbocycles. The third-order valence-corrected chi connectivity index (χ3v) is 3.11. The molecular weight excluding hydrogens is 218 g/mol. The minimum atomic E-state index is -0.894. The molecule has 0 aromatic rings. The van der Waals surface area contributed by atoms with Crippen molar-refractivity contribution < 1.29 is 14.3 Å². The van der Waals surface area contributed by atoms with Crippen LogP contribution in [-0.4, -0.2) is 35.5 Å². The van der Waals surface area contributed by atoms with Crippen LogP contribution in [0, 0.1) is 5.41 Å². The van der Waals surface area contributed by atoms with Crippen molar-refractivity contribution in [1.29, 1.82) is 0 Å². The smallest absolute Gasteiger partial charge is 0.410 e. The number of carbonyl (C=O) groups excluding carboxylic acids is 2. The maximum absolute atomic E-state index is 12.0. The fourth-order valence-corrected chi connectivity index (χ4v) is 1.28. The van der Waals surface area contributed by atoms with E-state index in [1.54, 1.807) is 34.7 Å². The Labute approximate surface area is 104 Å². The summed E-state index contributed by atoms with van der Waals surface area (Å²) in [5.41, 5.74) is -1.82. The highest BCUT2D eigenvalue weighted by Gasteiger charge is 2.44. The Balaban J connectivity index is 5.08. The molecule has 0 bridgehead atoms. The van der Waals surface area contributed by atoms with E-state index in [1.165, 1.54) is 4.90 Å². The number of carbonyl (C=O) groups is 2. The highest BCUT2D eigenvalue weighted by atomic mass is 16.6. The maximum Gasteiger partial charge on any atom is 0.410 e. The largest absolute Gasteiger partial charge is 0.444 e. The zero-order valence-corrected chi connectivity index (χ0v) is 12.2.